The fourth-order valence-electron chi connectivity index (χ4n) is 0.990. The minimum Gasteiger partial charge on any atom is -0.504 e. The molecule has 4 nitrogen and oxygen atoms in total. The summed E-state index contributed by atoms with van der Waals surface area (Å²) in [4.78, 5) is 10.2. The van der Waals surface area contributed by atoms with E-state index >= 15 is 0 Å². The molecule has 1 atom stereocenters. The van der Waals surface area contributed by atoms with Crippen LogP contribution in [0.1, 0.15) is 5.56 Å². The van der Waals surface area contributed by atoms with Gasteiger partial charge in [-0.2, -0.15) is 0 Å². The topological polar surface area (TPSA) is 77.8 Å². The number of carboxylic acids is 1. The molecule has 76 valence electrons. The number of aromatic hydroxyl groups is 2. The van der Waals surface area contributed by atoms with Gasteiger partial charge >= 0.3 is 5.97 Å². The number of hydrogen-bond donors (Lipinski definition) is 3. The maximum atomic E-state index is 12.7. The number of benzene rings is 1. The van der Waals surface area contributed by atoms with E-state index in [0.717, 1.165) is 6.07 Å². The first-order chi connectivity index (χ1) is 6.50. The number of rotatable bonds is 3. The Morgan fingerprint density at radius 1 is 1.36 bits per heavy atom. The van der Waals surface area contributed by atoms with Crippen LogP contribution in [0.4, 0.5) is 4.39 Å². The quantitative estimate of drug-likeness (QED) is 0.637. The van der Waals surface area contributed by atoms with Crippen LogP contribution in [-0.2, 0) is 11.2 Å². The lowest BCUT2D eigenvalue weighted by atomic mass is 10.1. The summed E-state index contributed by atoms with van der Waals surface area (Å²) in [6.45, 7) is 0. The van der Waals surface area contributed by atoms with Gasteiger partial charge in [-0.1, -0.05) is 6.07 Å². The highest BCUT2D eigenvalue weighted by Gasteiger charge is 2.16. The number of phenols is 2. The largest absolute Gasteiger partial charge is 0.504 e. The van der Waals surface area contributed by atoms with Crippen LogP contribution in [0.5, 0.6) is 11.5 Å². The summed E-state index contributed by atoms with van der Waals surface area (Å²) >= 11 is 0. The van der Waals surface area contributed by atoms with Crippen molar-refractivity contribution in [3.63, 3.8) is 0 Å². The second-order valence-electron chi connectivity index (χ2n) is 2.83. The maximum Gasteiger partial charge on any atom is 0.338 e. The van der Waals surface area contributed by atoms with Crippen LogP contribution in [0.3, 0.4) is 0 Å². The van der Waals surface area contributed by atoms with Gasteiger partial charge in [-0.3, -0.25) is 0 Å². The highest BCUT2D eigenvalue weighted by atomic mass is 19.1. The molecule has 0 aliphatic carbocycles. The summed E-state index contributed by atoms with van der Waals surface area (Å²) in [6.07, 6.45) is -2.33. The average molecular weight is 200 g/mol. The molecule has 0 saturated carbocycles. The minimum atomic E-state index is -2.00. The van der Waals surface area contributed by atoms with Gasteiger partial charge in [-0.15, -0.1) is 0 Å². The van der Waals surface area contributed by atoms with Crippen LogP contribution >= 0.6 is 0 Å². The molecule has 14 heavy (non-hydrogen) atoms. The van der Waals surface area contributed by atoms with E-state index in [4.69, 9.17) is 15.3 Å². The van der Waals surface area contributed by atoms with E-state index in [-0.39, 0.29) is 17.9 Å². The molecule has 0 fully saturated rings. The van der Waals surface area contributed by atoms with E-state index in [1.54, 1.807) is 0 Å². The van der Waals surface area contributed by atoms with Gasteiger partial charge in [0.15, 0.2) is 11.5 Å². The lowest BCUT2D eigenvalue weighted by Crippen LogP contribution is -2.16. The van der Waals surface area contributed by atoms with Crippen molar-refractivity contribution in [2.75, 3.05) is 0 Å². The predicted molar refractivity (Wildman–Crippen MR) is 46.0 cm³/mol. The van der Waals surface area contributed by atoms with Crippen LogP contribution in [-0.4, -0.2) is 27.5 Å². The van der Waals surface area contributed by atoms with Crippen LogP contribution < -0.4 is 0 Å². The van der Waals surface area contributed by atoms with Gasteiger partial charge in [0.25, 0.3) is 0 Å². The van der Waals surface area contributed by atoms with Crippen molar-refractivity contribution < 1.29 is 24.5 Å². The van der Waals surface area contributed by atoms with Gasteiger partial charge in [0.2, 0.25) is 6.17 Å². The molecule has 0 radical (unpaired) electrons. The van der Waals surface area contributed by atoms with Gasteiger partial charge in [0.1, 0.15) is 0 Å². The van der Waals surface area contributed by atoms with Crippen molar-refractivity contribution in [3.8, 4) is 11.5 Å². The maximum absolute atomic E-state index is 12.7. The number of carbonyl (C=O) groups is 1. The normalized spacial score (nSPS) is 12.4. The van der Waals surface area contributed by atoms with Gasteiger partial charge in [0, 0.05) is 6.42 Å². The summed E-state index contributed by atoms with van der Waals surface area (Å²) in [5, 5.41) is 26.2. The zero-order chi connectivity index (χ0) is 10.7. The number of halogens is 1. The Hall–Kier alpha value is -1.78. The summed E-state index contributed by atoms with van der Waals surface area (Å²) in [7, 11) is 0. The first-order valence-corrected chi connectivity index (χ1v) is 3.88. The zero-order valence-corrected chi connectivity index (χ0v) is 7.14. The first kappa shape index (κ1) is 10.3. The third kappa shape index (κ3) is 2.35. The molecule has 5 heteroatoms. The van der Waals surface area contributed by atoms with Crippen molar-refractivity contribution >= 4 is 5.97 Å². The summed E-state index contributed by atoms with van der Waals surface area (Å²) < 4.78 is 12.7. The number of alkyl halides is 1. The molecule has 0 heterocycles. The van der Waals surface area contributed by atoms with Crippen molar-refractivity contribution in [2.24, 2.45) is 0 Å². The Labute approximate surface area is 79.2 Å². The standard InChI is InChI=1S/C9H9FO4/c10-6(9(13)14)3-5-1-2-7(11)8(12)4-5/h1-2,4,6,11-12H,3H2,(H,13,14). The Balaban J connectivity index is 2.78. The molecule has 0 spiro atoms. The van der Waals surface area contributed by atoms with E-state index in [1.165, 1.54) is 12.1 Å². The first-order valence-electron chi connectivity index (χ1n) is 3.88. The molecule has 0 saturated heterocycles. The molecule has 0 amide bonds. The Morgan fingerprint density at radius 2 is 2.00 bits per heavy atom. The average Bonchev–Trinajstić information content (AvgIpc) is 2.11. The molecular formula is C9H9FO4. The third-order valence-electron chi connectivity index (χ3n) is 1.72. The Kier molecular flexibility index (Phi) is 2.91. The van der Waals surface area contributed by atoms with Crippen molar-refractivity contribution in [1.29, 1.82) is 0 Å². The summed E-state index contributed by atoms with van der Waals surface area (Å²) in [5.74, 6) is -2.25. The molecule has 3 N–H and O–H groups in total. The SMILES string of the molecule is O=C(O)C(F)Cc1ccc(O)c(O)c1. The monoisotopic (exact) mass is 200 g/mol. The molecule has 1 rings (SSSR count). The number of phenolic OH excluding ortho intramolecular Hbond substituents is 2. The minimum absolute atomic E-state index is 0.315. The molecule has 0 aliphatic rings. The molecule has 1 aromatic carbocycles. The number of hydrogen-bond acceptors (Lipinski definition) is 3. The lowest BCUT2D eigenvalue weighted by Gasteiger charge is -2.04. The molecule has 1 unspecified atom stereocenters. The van der Waals surface area contributed by atoms with Gasteiger partial charge in [0.05, 0.1) is 0 Å². The highest BCUT2D eigenvalue weighted by molar-refractivity contribution is 5.72. The fourth-order valence-corrected chi connectivity index (χ4v) is 0.990. The second-order valence-corrected chi connectivity index (χ2v) is 2.83. The molecular weight excluding hydrogens is 191 g/mol. The predicted octanol–water partition coefficient (Wildman–Crippen LogP) is 1.06. The highest BCUT2D eigenvalue weighted by Crippen LogP contribution is 2.25. The van der Waals surface area contributed by atoms with Gasteiger partial charge in [-0.05, 0) is 17.7 Å². The summed E-state index contributed by atoms with van der Waals surface area (Å²) in [6, 6.07) is 3.66. The lowest BCUT2D eigenvalue weighted by molar-refractivity contribution is -0.142. The van der Waals surface area contributed by atoms with Crippen molar-refractivity contribution in [3.05, 3.63) is 23.8 Å². The third-order valence-corrected chi connectivity index (χ3v) is 1.72. The summed E-state index contributed by atoms with van der Waals surface area (Å²) in [5.41, 5.74) is 0.315. The molecule has 0 aliphatic heterocycles. The van der Waals surface area contributed by atoms with Crippen LogP contribution in [0.2, 0.25) is 0 Å². The van der Waals surface area contributed by atoms with E-state index in [2.05, 4.69) is 0 Å². The molecule has 0 aromatic heterocycles. The number of aliphatic carboxylic acids is 1. The molecule has 1 aromatic rings. The van der Waals surface area contributed by atoms with Gasteiger partial charge in [-0.25, -0.2) is 9.18 Å². The Bertz CT molecular complexity index is 351. The smallest absolute Gasteiger partial charge is 0.338 e. The van der Waals surface area contributed by atoms with Crippen LogP contribution in [0.25, 0.3) is 0 Å². The van der Waals surface area contributed by atoms with Crippen molar-refractivity contribution in [1.82, 2.24) is 0 Å². The number of carboxylic acid groups (broad SMARTS) is 1. The van der Waals surface area contributed by atoms with E-state index in [1.807, 2.05) is 0 Å². The zero-order valence-electron chi connectivity index (χ0n) is 7.14. The second kappa shape index (κ2) is 3.95. The van der Waals surface area contributed by atoms with Crippen molar-refractivity contribution in [2.45, 2.75) is 12.6 Å². The van der Waals surface area contributed by atoms with E-state index in [0.29, 0.717) is 5.56 Å². The Morgan fingerprint density at radius 3 is 2.50 bits per heavy atom. The van der Waals surface area contributed by atoms with Crippen LogP contribution in [0.15, 0.2) is 18.2 Å². The molecule has 0 bridgehead atoms. The van der Waals surface area contributed by atoms with E-state index in [9.17, 15) is 9.18 Å². The van der Waals surface area contributed by atoms with E-state index < -0.39 is 12.1 Å². The van der Waals surface area contributed by atoms with Gasteiger partial charge < -0.3 is 15.3 Å². The fraction of sp³-hybridized carbons (Fsp3) is 0.222. The van der Waals surface area contributed by atoms with Crippen LogP contribution in [0, 0.1) is 0 Å².